The number of azo groups is 1. The summed E-state index contributed by atoms with van der Waals surface area (Å²) in [4.78, 5) is 11.9. The lowest BCUT2D eigenvalue weighted by Crippen LogP contribution is -2.28. The molecule has 2 aromatic carbocycles. The second kappa shape index (κ2) is 11.8. The van der Waals surface area contributed by atoms with Crippen LogP contribution in [-0.4, -0.2) is 62.6 Å². The van der Waals surface area contributed by atoms with Crippen LogP contribution in [-0.2, 0) is 20.2 Å². The average molecular weight is 517 g/mol. The van der Waals surface area contributed by atoms with Crippen LogP contribution >= 0.6 is 0 Å². The van der Waals surface area contributed by atoms with Gasteiger partial charge in [0.1, 0.15) is 11.4 Å². The third-order valence-corrected chi connectivity index (χ3v) is 6.13. The Morgan fingerprint density at radius 2 is 1.50 bits per heavy atom. The van der Waals surface area contributed by atoms with Gasteiger partial charge in [-0.3, -0.25) is 19.2 Å². The number of hydrogen-bond acceptors (Lipinski definition) is 10. The molecule has 0 aliphatic heterocycles. The summed E-state index contributed by atoms with van der Waals surface area (Å²) in [5.41, 5.74) is 1.22. The highest BCUT2D eigenvalue weighted by Crippen LogP contribution is 2.33. The average Bonchev–Trinajstić information content (AvgIpc) is 2.75. The number of rotatable bonds is 13. The molecular formula is C19H24N4O9S2. The van der Waals surface area contributed by atoms with Crippen molar-refractivity contribution in [2.75, 3.05) is 36.6 Å². The first-order valence-electron chi connectivity index (χ1n) is 9.87. The lowest BCUT2D eigenvalue weighted by Gasteiger charge is -2.25. The minimum absolute atomic E-state index is 0.0780. The van der Waals surface area contributed by atoms with Crippen LogP contribution in [0.5, 0.6) is 5.75 Å². The summed E-state index contributed by atoms with van der Waals surface area (Å²) in [6, 6.07) is 10.3. The van der Waals surface area contributed by atoms with Gasteiger partial charge in [0.25, 0.3) is 25.9 Å². The number of hydrogen-bond donors (Lipinski definition) is 2. The molecule has 0 saturated carbocycles. The largest absolute Gasteiger partial charge is 0.494 e. The smallest absolute Gasteiger partial charge is 0.269 e. The number of nitro groups is 1. The van der Waals surface area contributed by atoms with E-state index >= 15 is 0 Å². The van der Waals surface area contributed by atoms with Crippen molar-refractivity contribution in [3.05, 3.63) is 52.6 Å². The maximum atomic E-state index is 11.0. The molecule has 0 bridgehead atoms. The number of ether oxygens (including phenoxy) is 1. The zero-order chi connectivity index (χ0) is 25.4. The molecule has 0 aliphatic carbocycles. The Morgan fingerprint density at radius 3 is 1.97 bits per heavy atom. The Labute approximate surface area is 196 Å². The lowest BCUT2D eigenvalue weighted by molar-refractivity contribution is -0.384. The Kier molecular flexibility index (Phi) is 9.43. The SMILES string of the molecule is COc1cc(N(CCCS(=O)(=O)O)CCCS(=O)(=O)O)ccc1/N=N/c1ccc([N+](=O)[O-])cc1. The van der Waals surface area contributed by atoms with Crippen molar-refractivity contribution in [2.45, 2.75) is 12.8 Å². The number of nitro benzene ring substituents is 1. The summed E-state index contributed by atoms with van der Waals surface area (Å²) in [6.07, 6.45) is 0.156. The van der Waals surface area contributed by atoms with E-state index in [9.17, 15) is 26.9 Å². The minimum atomic E-state index is -4.16. The monoisotopic (exact) mass is 516 g/mol. The number of methoxy groups -OCH3 is 1. The molecule has 0 fully saturated rings. The van der Waals surface area contributed by atoms with Crippen molar-refractivity contribution in [1.82, 2.24) is 0 Å². The van der Waals surface area contributed by atoms with Gasteiger partial charge in [-0.1, -0.05) is 0 Å². The van der Waals surface area contributed by atoms with E-state index in [1.165, 1.54) is 31.4 Å². The Hall–Kier alpha value is -3.14. The zero-order valence-electron chi connectivity index (χ0n) is 18.1. The van der Waals surface area contributed by atoms with Crippen molar-refractivity contribution in [2.24, 2.45) is 10.2 Å². The number of anilines is 1. The summed E-state index contributed by atoms with van der Waals surface area (Å²) in [7, 11) is -6.91. The predicted octanol–water partition coefficient (Wildman–Crippen LogP) is 3.38. The number of benzene rings is 2. The van der Waals surface area contributed by atoms with Gasteiger partial charge in [0.15, 0.2) is 0 Å². The fourth-order valence-corrected chi connectivity index (χ4v) is 3.93. The van der Waals surface area contributed by atoms with Gasteiger partial charge in [-0.05, 0) is 37.1 Å². The van der Waals surface area contributed by atoms with Gasteiger partial charge in [-0.2, -0.15) is 21.9 Å². The maximum absolute atomic E-state index is 11.0. The molecule has 0 atom stereocenters. The molecule has 0 spiro atoms. The second-order valence-corrected chi connectivity index (χ2v) is 10.2. The molecular weight excluding hydrogens is 492 g/mol. The Morgan fingerprint density at radius 1 is 0.941 bits per heavy atom. The van der Waals surface area contributed by atoms with E-state index in [2.05, 4.69) is 10.2 Å². The van der Waals surface area contributed by atoms with Gasteiger partial charge < -0.3 is 9.64 Å². The molecule has 15 heteroatoms. The van der Waals surface area contributed by atoms with Gasteiger partial charge in [0, 0.05) is 37.0 Å². The molecule has 0 amide bonds. The van der Waals surface area contributed by atoms with Crippen LogP contribution in [0.25, 0.3) is 0 Å². The molecule has 0 heterocycles. The van der Waals surface area contributed by atoms with Gasteiger partial charge in [-0.15, -0.1) is 5.11 Å². The first-order valence-corrected chi connectivity index (χ1v) is 13.1. The van der Waals surface area contributed by atoms with Crippen LogP contribution < -0.4 is 9.64 Å². The third-order valence-electron chi connectivity index (χ3n) is 4.52. The number of nitrogens with zero attached hydrogens (tertiary/aromatic N) is 4. The third kappa shape index (κ3) is 9.38. The van der Waals surface area contributed by atoms with Crippen molar-refractivity contribution in [3.63, 3.8) is 0 Å². The van der Waals surface area contributed by atoms with E-state index in [1.807, 2.05) is 0 Å². The van der Waals surface area contributed by atoms with Crippen LogP contribution in [0.2, 0.25) is 0 Å². The molecule has 186 valence electrons. The lowest BCUT2D eigenvalue weighted by atomic mass is 10.2. The van der Waals surface area contributed by atoms with Gasteiger partial charge >= 0.3 is 0 Å². The highest BCUT2D eigenvalue weighted by Gasteiger charge is 2.14. The van der Waals surface area contributed by atoms with Gasteiger partial charge in [0.2, 0.25) is 0 Å². The molecule has 2 aromatic rings. The fraction of sp³-hybridized carbons (Fsp3) is 0.368. The summed E-state index contributed by atoms with van der Waals surface area (Å²) >= 11 is 0. The van der Waals surface area contributed by atoms with Gasteiger partial charge in [-0.25, -0.2) is 0 Å². The molecule has 34 heavy (non-hydrogen) atoms. The van der Waals surface area contributed by atoms with E-state index in [0.717, 1.165) is 0 Å². The first kappa shape index (κ1) is 27.1. The number of non-ortho nitro benzene ring substituents is 1. The van der Waals surface area contributed by atoms with Crippen molar-refractivity contribution < 1.29 is 35.6 Å². The van der Waals surface area contributed by atoms with Crippen LogP contribution in [0.15, 0.2) is 52.7 Å². The summed E-state index contributed by atoms with van der Waals surface area (Å²) in [5.74, 6) is -0.626. The fourth-order valence-electron chi connectivity index (χ4n) is 2.94. The quantitative estimate of drug-likeness (QED) is 0.173. The molecule has 0 aliphatic rings. The summed E-state index contributed by atoms with van der Waals surface area (Å²) in [6.45, 7) is 0.357. The molecule has 2 N–H and O–H groups in total. The van der Waals surface area contributed by atoms with Crippen molar-refractivity contribution in [1.29, 1.82) is 0 Å². The zero-order valence-corrected chi connectivity index (χ0v) is 19.8. The van der Waals surface area contributed by atoms with Crippen LogP contribution in [0.3, 0.4) is 0 Å². The van der Waals surface area contributed by atoms with E-state index in [-0.39, 0.29) is 31.6 Å². The van der Waals surface area contributed by atoms with Crippen LogP contribution in [0.4, 0.5) is 22.7 Å². The van der Waals surface area contributed by atoms with Crippen molar-refractivity contribution in [3.8, 4) is 5.75 Å². The van der Waals surface area contributed by atoms with Gasteiger partial charge in [0.05, 0.1) is 29.2 Å². The topological polar surface area (TPSA) is 189 Å². The Bertz CT molecular complexity index is 1190. The van der Waals surface area contributed by atoms with E-state index in [0.29, 0.717) is 22.8 Å². The molecule has 0 saturated heterocycles. The summed E-state index contributed by atoms with van der Waals surface area (Å²) < 4.78 is 67.4. The highest BCUT2D eigenvalue weighted by atomic mass is 32.2. The molecule has 2 rings (SSSR count). The maximum Gasteiger partial charge on any atom is 0.269 e. The molecule has 13 nitrogen and oxygen atoms in total. The van der Waals surface area contributed by atoms with E-state index in [1.54, 1.807) is 23.1 Å². The molecule has 0 aromatic heterocycles. The van der Waals surface area contributed by atoms with E-state index in [4.69, 9.17) is 13.8 Å². The standard InChI is InChI=1S/C19H24N4O9S2/c1-32-19-14-17(22(10-2-12-33(26,27)28)11-3-13-34(29,30)31)8-9-18(19)21-20-15-4-6-16(7-5-15)23(24)25/h4-9,14H,2-3,10-13H2,1H3,(H,26,27,28)(H,29,30,31)/b21-20+. The van der Waals surface area contributed by atoms with Crippen molar-refractivity contribution >= 4 is 43.0 Å². The second-order valence-electron chi connectivity index (χ2n) is 7.10. The van der Waals surface area contributed by atoms with Crippen LogP contribution in [0, 0.1) is 10.1 Å². The molecule has 0 unspecified atom stereocenters. The Balaban J connectivity index is 2.22. The first-order chi connectivity index (χ1) is 15.9. The predicted molar refractivity (Wildman–Crippen MR) is 125 cm³/mol. The molecule has 0 radical (unpaired) electrons. The van der Waals surface area contributed by atoms with Crippen LogP contribution in [0.1, 0.15) is 12.8 Å². The normalized spacial score (nSPS) is 12.1. The van der Waals surface area contributed by atoms with E-state index < -0.39 is 36.7 Å². The summed E-state index contributed by atoms with van der Waals surface area (Å²) in [5, 5.41) is 18.9. The highest BCUT2D eigenvalue weighted by molar-refractivity contribution is 7.86. The minimum Gasteiger partial charge on any atom is -0.494 e.